The first kappa shape index (κ1) is 28.7. The predicted molar refractivity (Wildman–Crippen MR) is 151 cm³/mol. The van der Waals surface area contributed by atoms with Crippen LogP contribution in [0.1, 0.15) is 54.9 Å². The number of halogens is 1. The summed E-state index contributed by atoms with van der Waals surface area (Å²) in [4.78, 5) is 36.3. The van der Waals surface area contributed by atoms with Crippen molar-refractivity contribution in [2.24, 2.45) is 5.73 Å². The number of aryl methyl sites for hydroxylation is 4. The van der Waals surface area contributed by atoms with Crippen LogP contribution in [0.25, 0.3) is 0 Å². The highest BCUT2D eigenvalue weighted by Gasteiger charge is 2.26. The molecule has 4 N–H and O–H groups in total. The Kier molecular flexibility index (Phi) is 8.77. The van der Waals surface area contributed by atoms with Crippen LogP contribution in [0.15, 0.2) is 36.5 Å². The molecule has 2 heterocycles. The van der Waals surface area contributed by atoms with E-state index in [1.165, 1.54) is 12.1 Å². The fourth-order valence-corrected chi connectivity index (χ4v) is 4.54. The van der Waals surface area contributed by atoms with Gasteiger partial charge >= 0.3 is 0 Å². The molecule has 40 heavy (non-hydrogen) atoms. The van der Waals surface area contributed by atoms with Crippen LogP contribution in [-0.4, -0.2) is 58.9 Å². The third-order valence-corrected chi connectivity index (χ3v) is 6.88. The number of hydrogen-bond donors (Lipinski definition) is 3. The van der Waals surface area contributed by atoms with Crippen molar-refractivity contribution in [3.05, 3.63) is 81.6 Å². The molecule has 1 aromatic heterocycles. The zero-order chi connectivity index (χ0) is 29.0. The second kappa shape index (κ2) is 12.2. The highest BCUT2D eigenvalue weighted by atomic mass is 19.1. The van der Waals surface area contributed by atoms with E-state index in [4.69, 9.17) is 16.9 Å². The number of carbonyl (C=O) groups is 2. The van der Waals surface area contributed by atoms with Gasteiger partial charge in [0, 0.05) is 43.5 Å². The molecule has 2 aromatic carbocycles. The first-order valence-corrected chi connectivity index (χ1v) is 13.0. The zero-order valence-electron chi connectivity index (χ0n) is 23.0. The molecule has 0 bridgehead atoms. The van der Waals surface area contributed by atoms with E-state index in [0.717, 1.165) is 6.54 Å². The Morgan fingerprint density at radius 1 is 1.20 bits per heavy atom. The first-order chi connectivity index (χ1) is 19.0. The van der Waals surface area contributed by atoms with E-state index in [1.807, 2.05) is 0 Å². The molecule has 2 atom stereocenters. The molecule has 2 amide bonds. The van der Waals surface area contributed by atoms with Crippen LogP contribution in [0.5, 0.6) is 5.75 Å². The molecule has 4 rings (SSSR count). The van der Waals surface area contributed by atoms with Crippen molar-refractivity contribution in [3.63, 3.8) is 0 Å². The first-order valence-electron chi connectivity index (χ1n) is 13.0. The number of terminal acetylenes is 1. The van der Waals surface area contributed by atoms with Crippen LogP contribution >= 0.6 is 0 Å². The molecule has 9 nitrogen and oxygen atoms in total. The Hall–Kier alpha value is -4.33. The Balaban J connectivity index is 1.67. The van der Waals surface area contributed by atoms with E-state index < -0.39 is 17.9 Å². The van der Waals surface area contributed by atoms with Gasteiger partial charge in [-0.05, 0) is 62.6 Å². The molecular weight excluding hydrogens is 511 g/mol. The summed E-state index contributed by atoms with van der Waals surface area (Å²) >= 11 is 0. The highest BCUT2D eigenvalue weighted by molar-refractivity contribution is 6.07. The van der Waals surface area contributed by atoms with E-state index >= 15 is 0 Å². The van der Waals surface area contributed by atoms with Crippen molar-refractivity contribution in [1.82, 2.24) is 20.2 Å². The van der Waals surface area contributed by atoms with Crippen molar-refractivity contribution in [1.29, 1.82) is 0 Å². The number of amides is 2. The normalized spacial score (nSPS) is 16.1. The number of nitrogens with two attached hydrogens (primary N) is 1. The number of nitrogens with zero attached hydrogens (tertiary/aromatic N) is 3. The molecule has 0 aliphatic carbocycles. The van der Waals surface area contributed by atoms with E-state index in [9.17, 15) is 14.0 Å². The predicted octanol–water partition coefficient (Wildman–Crippen LogP) is 3.23. The van der Waals surface area contributed by atoms with Gasteiger partial charge in [0.05, 0.1) is 11.6 Å². The zero-order valence-corrected chi connectivity index (χ0v) is 23.0. The molecule has 0 spiro atoms. The Bertz CT molecular complexity index is 1480. The van der Waals surface area contributed by atoms with Gasteiger partial charge in [0.15, 0.2) is 0 Å². The SMILES string of the molecule is C#C[C@@H]1CN(C[C@@H](Oc2cc(C)c(C(=O)Nc3nc(C)ncc3C)cc2C(N)=O)c2ccc(C)c(F)c2)CCN1. The number of nitrogens with one attached hydrogen (secondary N) is 2. The maximum absolute atomic E-state index is 14.6. The van der Waals surface area contributed by atoms with Gasteiger partial charge in [-0.3, -0.25) is 14.5 Å². The lowest BCUT2D eigenvalue weighted by atomic mass is 10.0. The number of rotatable bonds is 8. The molecule has 10 heteroatoms. The summed E-state index contributed by atoms with van der Waals surface area (Å²) in [5.74, 6) is 2.23. The van der Waals surface area contributed by atoms with Gasteiger partial charge < -0.3 is 21.1 Å². The average molecular weight is 545 g/mol. The van der Waals surface area contributed by atoms with Crippen LogP contribution in [-0.2, 0) is 0 Å². The summed E-state index contributed by atoms with van der Waals surface area (Å²) in [6.07, 6.45) is 6.61. The van der Waals surface area contributed by atoms with Crippen LogP contribution < -0.4 is 21.1 Å². The minimum absolute atomic E-state index is 0.0331. The smallest absolute Gasteiger partial charge is 0.257 e. The maximum Gasteiger partial charge on any atom is 0.257 e. The number of piperazine rings is 1. The number of primary amides is 1. The van der Waals surface area contributed by atoms with Gasteiger partial charge in [0.25, 0.3) is 11.8 Å². The molecule has 1 fully saturated rings. The number of ether oxygens (including phenoxy) is 1. The summed E-state index contributed by atoms with van der Waals surface area (Å²) in [6, 6.07) is 7.82. The van der Waals surface area contributed by atoms with Gasteiger partial charge in [0.1, 0.15) is 29.3 Å². The summed E-state index contributed by atoms with van der Waals surface area (Å²) in [5.41, 5.74) is 8.38. The lowest BCUT2D eigenvalue weighted by molar-refractivity contribution is 0.0976. The number of aromatic nitrogens is 2. The van der Waals surface area contributed by atoms with E-state index in [0.29, 0.717) is 53.5 Å². The van der Waals surface area contributed by atoms with Crippen molar-refractivity contribution >= 4 is 17.6 Å². The fourth-order valence-electron chi connectivity index (χ4n) is 4.54. The lowest BCUT2D eigenvalue weighted by Crippen LogP contribution is -2.51. The fraction of sp³-hybridized carbons (Fsp3) is 0.333. The summed E-state index contributed by atoms with van der Waals surface area (Å²) in [7, 11) is 0. The summed E-state index contributed by atoms with van der Waals surface area (Å²) in [6.45, 7) is 9.33. The van der Waals surface area contributed by atoms with Crippen molar-refractivity contribution in [2.45, 2.75) is 39.8 Å². The molecule has 0 unspecified atom stereocenters. The Morgan fingerprint density at radius 3 is 2.67 bits per heavy atom. The maximum atomic E-state index is 14.6. The highest BCUT2D eigenvalue weighted by Crippen LogP contribution is 2.30. The van der Waals surface area contributed by atoms with Gasteiger partial charge in [-0.15, -0.1) is 6.42 Å². The molecule has 208 valence electrons. The number of benzene rings is 2. The van der Waals surface area contributed by atoms with Gasteiger partial charge in [-0.25, -0.2) is 14.4 Å². The summed E-state index contributed by atoms with van der Waals surface area (Å²) in [5, 5.41) is 6.05. The minimum Gasteiger partial charge on any atom is -0.484 e. The molecular formula is C30H33FN6O3. The molecule has 1 aliphatic heterocycles. The van der Waals surface area contributed by atoms with Crippen molar-refractivity contribution in [3.8, 4) is 18.1 Å². The van der Waals surface area contributed by atoms with E-state index in [2.05, 4.69) is 31.4 Å². The third kappa shape index (κ3) is 6.62. The van der Waals surface area contributed by atoms with Crippen LogP contribution in [0, 0.1) is 45.9 Å². The van der Waals surface area contributed by atoms with E-state index in [1.54, 1.807) is 52.1 Å². The Labute approximate surface area is 233 Å². The standard InChI is InChI=1S/C30H33FN6O3/c1-6-22-15-37(10-9-33-22)16-27(21-8-7-17(2)25(31)12-21)40-26-11-18(3)23(13-24(26)28(32)38)30(39)36-29-19(4)14-34-20(5)35-29/h1,7-8,11-14,22,27,33H,9-10,15-16H2,2-5H3,(H2,32,38)(H,34,35,36,39)/t22-,27-/m1/s1. The molecule has 1 saturated heterocycles. The number of anilines is 1. The largest absolute Gasteiger partial charge is 0.484 e. The number of carbonyl (C=O) groups excluding carboxylic acids is 2. The third-order valence-electron chi connectivity index (χ3n) is 6.88. The van der Waals surface area contributed by atoms with Crippen LogP contribution in [0.4, 0.5) is 10.2 Å². The lowest BCUT2D eigenvalue weighted by Gasteiger charge is -2.34. The summed E-state index contributed by atoms with van der Waals surface area (Å²) < 4.78 is 21.0. The molecule has 3 aromatic rings. The second-order valence-corrected chi connectivity index (χ2v) is 9.98. The van der Waals surface area contributed by atoms with Gasteiger partial charge in [0.2, 0.25) is 0 Å². The molecule has 0 saturated carbocycles. The van der Waals surface area contributed by atoms with Crippen LogP contribution in [0.2, 0.25) is 0 Å². The molecule has 1 aliphatic rings. The van der Waals surface area contributed by atoms with Gasteiger partial charge in [-0.1, -0.05) is 18.1 Å². The van der Waals surface area contributed by atoms with Crippen LogP contribution in [0.3, 0.4) is 0 Å². The monoisotopic (exact) mass is 544 g/mol. The number of hydrogen-bond acceptors (Lipinski definition) is 7. The topological polar surface area (TPSA) is 122 Å². The average Bonchev–Trinajstić information content (AvgIpc) is 2.92. The van der Waals surface area contributed by atoms with E-state index in [-0.39, 0.29) is 28.7 Å². The Morgan fingerprint density at radius 2 is 1.98 bits per heavy atom. The van der Waals surface area contributed by atoms with Crippen molar-refractivity contribution < 1.29 is 18.7 Å². The van der Waals surface area contributed by atoms with Gasteiger partial charge in [-0.2, -0.15) is 0 Å². The minimum atomic E-state index is -0.762. The quantitative estimate of drug-likeness (QED) is 0.372. The molecule has 0 radical (unpaired) electrons. The second-order valence-electron chi connectivity index (χ2n) is 9.98. The van der Waals surface area contributed by atoms with Crippen molar-refractivity contribution in [2.75, 3.05) is 31.5 Å².